The molecule has 158 valence electrons. The summed E-state index contributed by atoms with van der Waals surface area (Å²) in [6, 6.07) is 12.5. The Morgan fingerprint density at radius 2 is 1.77 bits per heavy atom. The van der Waals surface area contributed by atoms with E-state index < -0.39 is 10.0 Å². The Hall–Kier alpha value is -2.84. The lowest BCUT2D eigenvalue weighted by molar-refractivity contribution is 0.0668. The quantitative estimate of drug-likeness (QED) is 0.638. The number of ether oxygens (including phenoxy) is 1. The van der Waals surface area contributed by atoms with E-state index in [0.29, 0.717) is 29.3 Å². The van der Waals surface area contributed by atoms with Gasteiger partial charge in [-0.25, -0.2) is 8.42 Å². The lowest BCUT2D eigenvalue weighted by Gasteiger charge is -2.33. The molecule has 1 aromatic heterocycles. The van der Waals surface area contributed by atoms with Gasteiger partial charge in [-0.2, -0.15) is 4.31 Å². The SMILES string of the molecule is COc1cccc2cc(C(=O)N3CCN(S(=O)(=O)c4ccc(C)cc4C)CC3)oc12. The van der Waals surface area contributed by atoms with Crippen LogP contribution < -0.4 is 4.74 Å². The van der Waals surface area contributed by atoms with Crippen molar-refractivity contribution in [3.8, 4) is 5.75 Å². The van der Waals surface area contributed by atoms with Crippen molar-refractivity contribution in [3.05, 3.63) is 59.4 Å². The van der Waals surface area contributed by atoms with Crippen molar-refractivity contribution in [1.29, 1.82) is 0 Å². The monoisotopic (exact) mass is 428 g/mol. The molecule has 1 saturated heterocycles. The van der Waals surface area contributed by atoms with E-state index in [4.69, 9.17) is 9.15 Å². The van der Waals surface area contributed by atoms with Crippen molar-refractivity contribution < 1.29 is 22.4 Å². The van der Waals surface area contributed by atoms with E-state index in [2.05, 4.69) is 0 Å². The summed E-state index contributed by atoms with van der Waals surface area (Å²) in [7, 11) is -2.05. The number of hydrogen-bond acceptors (Lipinski definition) is 5. The zero-order valence-electron chi connectivity index (χ0n) is 17.2. The first kappa shape index (κ1) is 20.4. The second kappa shape index (κ2) is 7.77. The van der Waals surface area contributed by atoms with E-state index in [1.807, 2.05) is 25.1 Å². The number of fused-ring (bicyclic) bond motifs is 1. The van der Waals surface area contributed by atoms with Crippen LogP contribution in [0.1, 0.15) is 21.7 Å². The number of sulfonamides is 1. The molecule has 0 aliphatic carbocycles. The number of benzene rings is 2. The summed E-state index contributed by atoms with van der Waals surface area (Å²) >= 11 is 0. The van der Waals surface area contributed by atoms with Crippen molar-refractivity contribution in [2.45, 2.75) is 18.7 Å². The van der Waals surface area contributed by atoms with Crippen LogP contribution in [0.2, 0.25) is 0 Å². The second-order valence-corrected chi connectivity index (χ2v) is 9.36. The molecule has 30 heavy (non-hydrogen) atoms. The topological polar surface area (TPSA) is 80.1 Å². The Kier molecular flexibility index (Phi) is 5.29. The lowest BCUT2D eigenvalue weighted by Crippen LogP contribution is -2.50. The zero-order valence-corrected chi connectivity index (χ0v) is 18.0. The summed E-state index contributed by atoms with van der Waals surface area (Å²) in [6.07, 6.45) is 0. The highest BCUT2D eigenvalue weighted by molar-refractivity contribution is 7.89. The van der Waals surface area contributed by atoms with Gasteiger partial charge < -0.3 is 14.1 Å². The van der Waals surface area contributed by atoms with Gasteiger partial charge in [0.05, 0.1) is 12.0 Å². The fourth-order valence-electron chi connectivity index (χ4n) is 3.82. The molecule has 0 saturated carbocycles. The molecule has 1 aliphatic heterocycles. The zero-order chi connectivity index (χ0) is 21.5. The average molecular weight is 429 g/mol. The third-order valence-electron chi connectivity index (χ3n) is 5.41. The molecule has 4 rings (SSSR count). The summed E-state index contributed by atoms with van der Waals surface area (Å²) in [5.74, 6) is 0.535. The Balaban J connectivity index is 1.50. The second-order valence-electron chi connectivity index (χ2n) is 7.45. The Labute approximate surface area is 175 Å². The van der Waals surface area contributed by atoms with Crippen molar-refractivity contribution in [2.24, 2.45) is 0 Å². The molecule has 3 aromatic rings. The molecule has 2 heterocycles. The molecule has 8 heteroatoms. The molecule has 1 aliphatic rings. The predicted octanol–water partition coefficient (Wildman–Crippen LogP) is 3.20. The molecule has 0 bridgehead atoms. The maximum atomic E-state index is 13.0. The predicted molar refractivity (Wildman–Crippen MR) is 113 cm³/mol. The molecule has 0 radical (unpaired) electrons. The van der Waals surface area contributed by atoms with Gasteiger partial charge in [-0.3, -0.25) is 4.79 Å². The Morgan fingerprint density at radius 1 is 1.03 bits per heavy atom. The van der Waals surface area contributed by atoms with E-state index in [9.17, 15) is 13.2 Å². The van der Waals surface area contributed by atoms with Gasteiger partial charge in [0.2, 0.25) is 10.0 Å². The van der Waals surface area contributed by atoms with Gasteiger partial charge in [0.1, 0.15) is 0 Å². The van der Waals surface area contributed by atoms with Crippen molar-refractivity contribution >= 4 is 26.9 Å². The van der Waals surface area contributed by atoms with Crippen molar-refractivity contribution in [2.75, 3.05) is 33.3 Å². The molecule has 7 nitrogen and oxygen atoms in total. The number of piperazine rings is 1. The first-order valence-electron chi connectivity index (χ1n) is 9.74. The van der Waals surface area contributed by atoms with Crippen LogP contribution in [0.15, 0.2) is 51.8 Å². The minimum atomic E-state index is -3.60. The molecule has 0 atom stereocenters. The highest BCUT2D eigenvalue weighted by Crippen LogP contribution is 2.29. The Bertz CT molecular complexity index is 1210. The molecule has 0 unspecified atom stereocenters. The highest BCUT2D eigenvalue weighted by atomic mass is 32.2. The third-order valence-corrected chi connectivity index (χ3v) is 7.47. The molecular formula is C22H24N2O5S. The minimum absolute atomic E-state index is 0.222. The van der Waals surface area contributed by atoms with Crippen LogP contribution in [0.3, 0.4) is 0 Å². The first-order chi connectivity index (χ1) is 14.3. The fraction of sp³-hybridized carbons (Fsp3) is 0.318. The number of methoxy groups -OCH3 is 1. The van der Waals surface area contributed by atoms with Gasteiger partial charge in [0.15, 0.2) is 17.1 Å². The van der Waals surface area contributed by atoms with Crippen molar-refractivity contribution in [1.82, 2.24) is 9.21 Å². The van der Waals surface area contributed by atoms with Gasteiger partial charge in [-0.15, -0.1) is 0 Å². The van der Waals surface area contributed by atoms with Crippen LogP contribution in [0.5, 0.6) is 5.75 Å². The number of rotatable bonds is 4. The number of amides is 1. The van der Waals surface area contributed by atoms with E-state index in [1.165, 1.54) is 4.31 Å². The van der Waals surface area contributed by atoms with E-state index in [1.54, 1.807) is 43.2 Å². The van der Waals surface area contributed by atoms with Gasteiger partial charge in [-0.05, 0) is 37.6 Å². The smallest absolute Gasteiger partial charge is 0.289 e. The van der Waals surface area contributed by atoms with E-state index in [-0.39, 0.29) is 24.8 Å². The van der Waals surface area contributed by atoms with Crippen LogP contribution >= 0.6 is 0 Å². The molecule has 1 amide bonds. The van der Waals surface area contributed by atoms with E-state index in [0.717, 1.165) is 16.5 Å². The number of furan rings is 1. The molecule has 0 spiro atoms. The van der Waals surface area contributed by atoms with E-state index >= 15 is 0 Å². The summed E-state index contributed by atoms with van der Waals surface area (Å²) < 4.78 is 38.6. The van der Waals surface area contributed by atoms with Gasteiger partial charge in [0, 0.05) is 31.6 Å². The molecule has 1 fully saturated rings. The summed E-state index contributed by atoms with van der Waals surface area (Å²) in [6.45, 7) is 4.82. The number of carbonyl (C=O) groups is 1. The van der Waals surface area contributed by atoms with Crippen LogP contribution in [-0.4, -0.2) is 56.8 Å². The fourth-order valence-corrected chi connectivity index (χ4v) is 5.45. The number of nitrogens with zero attached hydrogens (tertiary/aromatic N) is 2. The van der Waals surface area contributed by atoms with Crippen LogP contribution in [0.4, 0.5) is 0 Å². The average Bonchev–Trinajstić information content (AvgIpc) is 3.17. The maximum absolute atomic E-state index is 13.0. The molecule has 0 N–H and O–H groups in total. The molecule has 2 aromatic carbocycles. The van der Waals surface area contributed by atoms with Gasteiger partial charge >= 0.3 is 0 Å². The number of aryl methyl sites for hydroxylation is 2. The minimum Gasteiger partial charge on any atom is -0.493 e. The normalized spacial score (nSPS) is 15.5. The summed E-state index contributed by atoms with van der Waals surface area (Å²) in [5, 5.41) is 0.786. The van der Waals surface area contributed by atoms with Crippen molar-refractivity contribution in [3.63, 3.8) is 0 Å². The summed E-state index contributed by atoms with van der Waals surface area (Å²) in [4.78, 5) is 14.9. The maximum Gasteiger partial charge on any atom is 0.289 e. The number of para-hydroxylation sites is 1. The number of carbonyl (C=O) groups excluding carboxylic acids is 1. The Morgan fingerprint density at radius 3 is 2.43 bits per heavy atom. The number of hydrogen-bond donors (Lipinski definition) is 0. The lowest BCUT2D eigenvalue weighted by atomic mass is 10.2. The third kappa shape index (κ3) is 3.57. The van der Waals surface area contributed by atoms with Crippen LogP contribution in [-0.2, 0) is 10.0 Å². The van der Waals surface area contributed by atoms with Crippen LogP contribution in [0.25, 0.3) is 11.0 Å². The van der Waals surface area contributed by atoms with Gasteiger partial charge in [0.25, 0.3) is 5.91 Å². The first-order valence-corrected chi connectivity index (χ1v) is 11.2. The van der Waals surface area contributed by atoms with Crippen LogP contribution in [0, 0.1) is 13.8 Å². The largest absolute Gasteiger partial charge is 0.493 e. The molecular weight excluding hydrogens is 404 g/mol. The van der Waals surface area contributed by atoms with Gasteiger partial charge in [-0.1, -0.05) is 29.8 Å². The summed E-state index contributed by atoms with van der Waals surface area (Å²) in [5.41, 5.74) is 2.27. The highest BCUT2D eigenvalue weighted by Gasteiger charge is 2.32. The standard InChI is InChI=1S/C22H24N2O5S/c1-15-7-8-20(16(2)13-15)30(26,27)24-11-9-23(10-12-24)22(25)19-14-17-5-4-6-18(28-3)21(17)29-19/h4-8,13-14H,9-12H2,1-3H3.